The molecule has 4 rings (SSSR count). The summed E-state index contributed by atoms with van der Waals surface area (Å²) in [5.74, 6) is 0.0468. The third kappa shape index (κ3) is 3.20. The third-order valence-corrected chi connectivity index (χ3v) is 5.41. The summed E-state index contributed by atoms with van der Waals surface area (Å²) in [7, 11) is 0. The maximum atomic E-state index is 13.2. The topological polar surface area (TPSA) is 102 Å². The number of hydrogen-bond donors (Lipinski definition) is 1. The van der Waals surface area contributed by atoms with Gasteiger partial charge >= 0.3 is 0 Å². The van der Waals surface area contributed by atoms with Gasteiger partial charge in [-0.3, -0.25) is 19.7 Å². The molecule has 154 valence electrons. The number of nitro benzene ring substituents is 1. The number of nitrogens with one attached hydrogen (secondary N) is 1. The molecule has 0 atom stereocenters. The Morgan fingerprint density at radius 2 is 1.97 bits per heavy atom. The highest BCUT2D eigenvalue weighted by Gasteiger charge is 2.41. The quantitative estimate of drug-likeness (QED) is 0.619. The zero-order chi connectivity index (χ0) is 21.6. The first-order valence-electron chi connectivity index (χ1n) is 9.54. The van der Waals surface area contributed by atoms with Gasteiger partial charge in [-0.1, -0.05) is 18.2 Å². The molecule has 0 bridgehead atoms. The van der Waals surface area contributed by atoms with E-state index in [0.29, 0.717) is 34.7 Å². The van der Waals surface area contributed by atoms with Crippen molar-refractivity contribution in [1.82, 2.24) is 10.2 Å². The summed E-state index contributed by atoms with van der Waals surface area (Å²) in [6, 6.07) is 11.7. The van der Waals surface area contributed by atoms with Gasteiger partial charge in [-0.05, 0) is 31.5 Å². The average Bonchev–Trinajstić information content (AvgIpc) is 3.01. The van der Waals surface area contributed by atoms with Gasteiger partial charge in [0.15, 0.2) is 0 Å². The number of carbonyl (C=O) groups excluding carboxylic acids is 2. The van der Waals surface area contributed by atoms with E-state index in [2.05, 4.69) is 5.32 Å². The van der Waals surface area contributed by atoms with Gasteiger partial charge in [0.05, 0.1) is 17.2 Å². The molecule has 2 aliphatic heterocycles. The molecule has 2 heterocycles. The minimum atomic E-state index is -0.837. The van der Waals surface area contributed by atoms with E-state index in [0.717, 1.165) is 5.56 Å². The Kier molecular flexibility index (Phi) is 4.57. The molecule has 0 saturated carbocycles. The zero-order valence-corrected chi connectivity index (χ0v) is 16.9. The summed E-state index contributed by atoms with van der Waals surface area (Å²) in [5, 5.41) is 14.2. The lowest BCUT2D eigenvalue weighted by atomic mass is 9.88. The zero-order valence-electron chi connectivity index (χ0n) is 16.9. The van der Waals surface area contributed by atoms with Gasteiger partial charge in [0, 0.05) is 42.3 Å². The van der Waals surface area contributed by atoms with Crippen molar-refractivity contribution in [2.45, 2.75) is 32.9 Å². The highest BCUT2D eigenvalue weighted by atomic mass is 16.6. The molecule has 1 N–H and O–H groups in total. The van der Waals surface area contributed by atoms with Crippen LogP contribution in [0.4, 0.5) is 5.69 Å². The van der Waals surface area contributed by atoms with E-state index < -0.39 is 10.5 Å². The molecule has 8 nitrogen and oxygen atoms in total. The number of carbonyl (C=O) groups is 2. The van der Waals surface area contributed by atoms with Crippen LogP contribution in [0.3, 0.4) is 0 Å². The Labute approximate surface area is 173 Å². The van der Waals surface area contributed by atoms with Crippen LogP contribution in [0.2, 0.25) is 0 Å². The van der Waals surface area contributed by atoms with Crippen molar-refractivity contribution in [3.8, 4) is 5.75 Å². The summed E-state index contributed by atoms with van der Waals surface area (Å²) in [6.45, 7) is 5.60. The standard InChI is InChI=1S/C22H21N3O5/c1-13(26)23-11-18-20(24-12-14-6-4-5-7-16(14)21(24)27)17-10-15(25(28)29)8-9-19(17)30-22(18,2)3/h4-10H,11-12H2,1-3H3,(H,23,26). The van der Waals surface area contributed by atoms with Crippen LogP contribution in [0.5, 0.6) is 5.75 Å². The fraction of sp³-hybridized carbons (Fsp3) is 0.273. The van der Waals surface area contributed by atoms with Crippen LogP contribution in [-0.2, 0) is 11.3 Å². The highest BCUT2D eigenvalue weighted by molar-refractivity contribution is 6.04. The Morgan fingerprint density at radius 1 is 1.23 bits per heavy atom. The first-order chi connectivity index (χ1) is 14.2. The molecule has 2 aliphatic rings. The normalized spacial score (nSPS) is 16.6. The number of fused-ring (bicyclic) bond motifs is 2. The third-order valence-electron chi connectivity index (χ3n) is 5.41. The van der Waals surface area contributed by atoms with E-state index in [9.17, 15) is 19.7 Å². The van der Waals surface area contributed by atoms with Gasteiger partial charge in [-0.15, -0.1) is 0 Å². The summed E-state index contributed by atoms with van der Waals surface area (Å²) < 4.78 is 6.13. The van der Waals surface area contributed by atoms with Crippen molar-refractivity contribution in [1.29, 1.82) is 0 Å². The second-order valence-electron chi connectivity index (χ2n) is 7.84. The molecule has 2 amide bonds. The summed E-state index contributed by atoms with van der Waals surface area (Å²) in [5.41, 5.74) is 2.22. The van der Waals surface area contributed by atoms with Crippen molar-refractivity contribution in [3.63, 3.8) is 0 Å². The fourth-order valence-corrected chi connectivity index (χ4v) is 3.94. The van der Waals surface area contributed by atoms with E-state index in [-0.39, 0.29) is 24.0 Å². The fourth-order valence-electron chi connectivity index (χ4n) is 3.94. The predicted molar refractivity (Wildman–Crippen MR) is 110 cm³/mol. The molecule has 0 aromatic heterocycles. The molecule has 2 aromatic rings. The van der Waals surface area contributed by atoms with Gasteiger partial charge in [0.1, 0.15) is 11.4 Å². The Hall–Kier alpha value is -3.68. The maximum absolute atomic E-state index is 13.2. The Morgan fingerprint density at radius 3 is 2.63 bits per heavy atom. The van der Waals surface area contributed by atoms with Crippen molar-refractivity contribution in [2.75, 3.05) is 6.54 Å². The second-order valence-corrected chi connectivity index (χ2v) is 7.84. The predicted octanol–water partition coefficient (Wildman–Crippen LogP) is 3.27. The molecule has 0 radical (unpaired) electrons. The molecule has 0 fully saturated rings. The van der Waals surface area contributed by atoms with Crippen LogP contribution < -0.4 is 10.1 Å². The van der Waals surface area contributed by atoms with E-state index in [1.165, 1.54) is 19.1 Å². The monoisotopic (exact) mass is 407 g/mol. The van der Waals surface area contributed by atoms with Crippen LogP contribution in [0.25, 0.3) is 5.70 Å². The van der Waals surface area contributed by atoms with E-state index in [1.807, 2.05) is 26.0 Å². The van der Waals surface area contributed by atoms with E-state index in [4.69, 9.17) is 4.74 Å². The summed E-state index contributed by atoms with van der Waals surface area (Å²) in [6.07, 6.45) is 0. The van der Waals surface area contributed by atoms with Gasteiger partial charge in [-0.2, -0.15) is 0 Å². The number of benzene rings is 2. The van der Waals surface area contributed by atoms with Gasteiger partial charge in [0.2, 0.25) is 5.91 Å². The van der Waals surface area contributed by atoms with Crippen LogP contribution in [0.15, 0.2) is 48.0 Å². The number of non-ortho nitro benzene ring substituents is 1. The highest BCUT2D eigenvalue weighted by Crippen LogP contribution is 2.45. The molecule has 0 aliphatic carbocycles. The molecule has 2 aromatic carbocycles. The number of rotatable bonds is 4. The van der Waals surface area contributed by atoms with Crippen molar-refractivity contribution < 1.29 is 19.2 Å². The van der Waals surface area contributed by atoms with Crippen LogP contribution in [0, 0.1) is 10.1 Å². The van der Waals surface area contributed by atoms with Crippen molar-refractivity contribution >= 4 is 23.2 Å². The van der Waals surface area contributed by atoms with Crippen LogP contribution in [-0.4, -0.2) is 33.8 Å². The molecule has 8 heteroatoms. The number of hydrogen-bond acceptors (Lipinski definition) is 5. The molecule has 0 unspecified atom stereocenters. The van der Waals surface area contributed by atoms with Gasteiger partial charge in [0.25, 0.3) is 11.6 Å². The SMILES string of the molecule is CC(=O)NCC1=C(N2Cc3ccccc3C2=O)c2cc([N+](=O)[O-])ccc2OC1(C)C. The van der Waals surface area contributed by atoms with Crippen molar-refractivity contribution in [3.05, 3.63) is 74.8 Å². The Balaban J connectivity index is 1.93. The maximum Gasteiger partial charge on any atom is 0.270 e. The average molecular weight is 407 g/mol. The molecule has 0 saturated heterocycles. The van der Waals surface area contributed by atoms with E-state index >= 15 is 0 Å². The number of nitro groups is 1. The van der Waals surface area contributed by atoms with Crippen molar-refractivity contribution in [2.24, 2.45) is 0 Å². The smallest absolute Gasteiger partial charge is 0.270 e. The van der Waals surface area contributed by atoms with Gasteiger partial charge in [-0.25, -0.2) is 0 Å². The molecular formula is C22H21N3O5. The lowest BCUT2D eigenvalue weighted by Crippen LogP contribution is -2.43. The van der Waals surface area contributed by atoms with Gasteiger partial charge < -0.3 is 15.0 Å². The molecule has 0 spiro atoms. The number of amides is 2. The Bertz CT molecular complexity index is 1120. The lowest BCUT2D eigenvalue weighted by Gasteiger charge is -2.39. The number of ether oxygens (including phenoxy) is 1. The number of nitrogens with zero attached hydrogens (tertiary/aromatic N) is 2. The molecular weight excluding hydrogens is 386 g/mol. The first kappa shape index (κ1) is 19.6. The minimum absolute atomic E-state index is 0.0995. The largest absolute Gasteiger partial charge is 0.483 e. The van der Waals surface area contributed by atoms with Crippen LogP contribution in [0.1, 0.15) is 42.3 Å². The second kappa shape index (κ2) is 6.98. The summed E-state index contributed by atoms with van der Waals surface area (Å²) >= 11 is 0. The minimum Gasteiger partial charge on any atom is -0.483 e. The summed E-state index contributed by atoms with van der Waals surface area (Å²) in [4.78, 5) is 37.4. The first-order valence-corrected chi connectivity index (χ1v) is 9.54. The van der Waals surface area contributed by atoms with Crippen LogP contribution >= 0.6 is 0 Å². The van der Waals surface area contributed by atoms with E-state index in [1.54, 1.807) is 23.1 Å². The molecule has 30 heavy (non-hydrogen) atoms. The lowest BCUT2D eigenvalue weighted by molar-refractivity contribution is -0.384.